The molecule has 1 fully saturated rings. The fourth-order valence-corrected chi connectivity index (χ4v) is 3.15. The molecule has 1 aliphatic heterocycles. The van der Waals surface area contributed by atoms with Crippen molar-refractivity contribution in [2.24, 2.45) is 0 Å². The van der Waals surface area contributed by atoms with Crippen LogP contribution in [-0.4, -0.2) is 38.5 Å². The smallest absolute Gasteiger partial charge is 0.319 e. The highest BCUT2D eigenvalue weighted by Gasteiger charge is 2.16. The molecule has 0 aromatic heterocycles. The topological polar surface area (TPSA) is 68.8 Å². The van der Waals surface area contributed by atoms with Gasteiger partial charge >= 0.3 is 6.03 Å². The second kappa shape index (κ2) is 9.99. The molecule has 0 spiro atoms. The van der Waals surface area contributed by atoms with Gasteiger partial charge in [0.25, 0.3) is 0 Å². The van der Waals surface area contributed by atoms with Crippen molar-refractivity contribution in [1.29, 1.82) is 0 Å². The number of rotatable bonds is 8. The lowest BCUT2D eigenvalue weighted by Gasteiger charge is -2.14. The van der Waals surface area contributed by atoms with Gasteiger partial charge in [-0.25, -0.2) is 4.79 Å². The van der Waals surface area contributed by atoms with E-state index in [1.54, 1.807) is 0 Å². The Hall–Kier alpha value is -2.73. The number of benzene rings is 2. The van der Waals surface area contributed by atoms with Gasteiger partial charge in [-0.15, -0.1) is 0 Å². The molecular weight excluding hydrogens is 356 g/mol. The number of carbonyl (C=O) groups excluding carboxylic acids is 1. The molecule has 0 aliphatic carbocycles. The summed E-state index contributed by atoms with van der Waals surface area (Å²) in [7, 11) is 0. The number of urea groups is 1. The van der Waals surface area contributed by atoms with Crippen molar-refractivity contribution in [3.05, 3.63) is 53.6 Å². The van der Waals surface area contributed by atoms with Crippen molar-refractivity contribution in [2.75, 3.05) is 31.7 Å². The Balaban J connectivity index is 1.40. The molecule has 2 aromatic rings. The number of anilines is 1. The standard InChI is InChI=1S/C22H28N2O4/c1-16-6-3-7-17(2)21(16)27-13-11-23-22(25)24-18-8-4-9-19(14-18)28-15-20-10-5-12-26-20/h3-4,6-9,14,20H,5,10-13,15H2,1-2H3,(H2,23,24,25). The van der Waals surface area contributed by atoms with Crippen molar-refractivity contribution in [3.8, 4) is 11.5 Å². The van der Waals surface area contributed by atoms with Gasteiger partial charge in [-0.3, -0.25) is 0 Å². The lowest BCUT2D eigenvalue weighted by Crippen LogP contribution is -2.32. The predicted octanol–water partition coefficient (Wildman–Crippen LogP) is 4.06. The number of hydrogen-bond donors (Lipinski definition) is 2. The lowest BCUT2D eigenvalue weighted by molar-refractivity contribution is 0.0680. The minimum absolute atomic E-state index is 0.164. The first-order valence-electron chi connectivity index (χ1n) is 9.70. The number of para-hydroxylation sites is 1. The Labute approximate surface area is 166 Å². The molecule has 0 bridgehead atoms. The second-order valence-electron chi connectivity index (χ2n) is 6.92. The minimum atomic E-state index is -0.276. The van der Waals surface area contributed by atoms with Gasteiger partial charge in [0.05, 0.1) is 12.6 Å². The molecule has 1 aliphatic rings. The molecule has 2 aromatic carbocycles. The van der Waals surface area contributed by atoms with Crippen LogP contribution in [-0.2, 0) is 4.74 Å². The lowest BCUT2D eigenvalue weighted by atomic mass is 10.1. The Morgan fingerprint density at radius 1 is 1.14 bits per heavy atom. The molecule has 0 saturated carbocycles. The van der Waals surface area contributed by atoms with E-state index in [2.05, 4.69) is 10.6 Å². The van der Waals surface area contributed by atoms with Gasteiger partial charge in [-0.2, -0.15) is 0 Å². The normalized spacial score (nSPS) is 15.9. The Kier molecular flexibility index (Phi) is 7.14. The summed E-state index contributed by atoms with van der Waals surface area (Å²) >= 11 is 0. The van der Waals surface area contributed by atoms with E-state index in [-0.39, 0.29) is 12.1 Å². The molecule has 1 unspecified atom stereocenters. The van der Waals surface area contributed by atoms with E-state index in [1.807, 2.05) is 56.3 Å². The molecule has 1 atom stereocenters. The van der Waals surface area contributed by atoms with E-state index in [0.717, 1.165) is 36.3 Å². The summed E-state index contributed by atoms with van der Waals surface area (Å²) in [5.74, 6) is 1.59. The van der Waals surface area contributed by atoms with Crippen LogP contribution in [0.3, 0.4) is 0 Å². The number of aryl methyl sites for hydroxylation is 2. The van der Waals surface area contributed by atoms with Crippen molar-refractivity contribution in [2.45, 2.75) is 32.8 Å². The molecule has 1 heterocycles. The summed E-state index contributed by atoms with van der Waals surface area (Å²) in [5.41, 5.74) is 2.85. The number of ether oxygens (including phenoxy) is 3. The maximum absolute atomic E-state index is 12.1. The molecule has 0 radical (unpaired) electrons. The Morgan fingerprint density at radius 3 is 2.68 bits per heavy atom. The molecule has 150 valence electrons. The average Bonchev–Trinajstić information content (AvgIpc) is 3.19. The van der Waals surface area contributed by atoms with E-state index in [4.69, 9.17) is 14.2 Å². The molecule has 1 saturated heterocycles. The van der Waals surface area contributed by atoms with E-state index < -0.39 is 0 Å². The summed E-state index contributed by atoms with van der Waals surface area (Å²) in [4.78, 5) is 12.1. The van der Waals surface area contributed by atoms with Crippen LogP contribution >= 0.6 is 0 Å². The number of nitrogens with one attached hydrogen (secondary N) is 2. The van der Waals surface area contributed by atoms with Crippen molar-refractivity contribution < 1.29 is 19.0 Å². The zero-order chi connectivity index (χ0) is 19.8. The summed E-state index contributed by atoms with van der Waals surface area (Å²) < 4.78 is 17.1. The summed E-state index contributed by atoms with van der Waals surface area (Å²) in [6.07, 6.45) is 2.28. The van der Waals surface area contributed by atoms with Crippen LogP contribution in [0.5, 0.6) is 11.5 Å². The summed E-state index contributed by atoms with van der Waals surface area (Å²) in [6.45, 7) is 6.18. The van der Waals surface area contributed by atoms with Crippen LogP contribution < -0.4 is 20.1 Å². The van der Waals surface area contributed by atoms with E-state index in [9.17, 15) is 4.79 Å². The zero-order valence-electron chi connectivity index (χ0n) is 16.5. The van der Waals surface area contributed by atoms with Gasteiger partial charge in [0.2, 0.25) is 0 Å². The molecular formula is C22H28N2O4. The predicted molar refractivity (Wildman–Crippen MR) is 109 cm³/mol. The highest BCUT2D eigenvalue weighted by atomic mass is 16.5. The Bertz CT molecular complexity index is 768. The average molecular weight is 384 g/mol. The van der Waals surface area contributed by atoms with Crippen LogP contribution in [0, 0.1) is 13.8 Å². The van der Waals surface area contributed by atoms with E-state index in [1.165, 1.54) is 0 Å². The van der Waals surface area contributed by atoms with Gasteiger partial charge in [-0.05, 0) is 49.9 Å². The highest BCUT2D eigenvalue weighted by Crippen LogP contribution is 2.22. The number of amides is 2. The second-order valence-corrected chi connectivity index (χ2v) is 6.92. The largest absolute Gasteiger partial charge is 0.491 e. The van der Waals surface area contributed by atoms with Crippen LogP contribution in [0.15, 0.2) is 42.5 Å². The molecule has 2 N–H and O–H groups in total. The molecule has 2 amide bonds. The van der Waals surface area contributed by atoms with E-state index >= 15 is 0 Å². The fraction of sp³-hybridized carbons (Fsp3) is 0.409. The van der Waals surface area contributed by atoms with Crippen LogP contribution in [0.4, 0.5) is 10.5 Å². The van der Waals surface area contributed by atoms with Gasteiger partial charge in [0, 0.05) is 18.4 Å². The highest BCUT2D eigenvalue weighted by molar-refractivity contribution is 5.89. The van der Waals surface area contributed by atoms with Gasteiger partial charge in [0.15, 0.2) is 0 Å². The quantitative estimate of drug-likeness (QED) is 0.674. The molecule has 6 heteroatoms. The first-order valence-corrected chi connectivity index (χ1v) is 9.70. The van der Waals surface area contributed by atoms with E-state index in [0.29, 0.717) is 31.2 Å². The third-order valence-corrected chi connectivity index (χ3v) is 4.59. The van der Waals surface area contributed by atoms with Crippen molar-refractivity contribution in [3.63, 3.8) is 0 Å². The zero-order valence-corrected chi connectivity index (χ0v) is 16.5. The third-order valence-electron chi connectivity index (χ3n) is 4.59. The third kappa shape index (κ3) is 5.89. The van der Waals surface area contributed by atoms with Crippen LogP contribution in [0.25, 0.3) is 0 Å². The monoisotopic (exact) mass is 384 g/mol. The molecule has 6 nitrogen and oxygen atoms in total. The number of carbonyl (C=O) groups is 1. The van der Waals surface area contributed by atoms with Crippen molar-refractivity contribution >= 4 is 11.7 Å². The van der Waals surface area contributed by atoms with Crippen LogP contribution in [0.1, 0.15) is 24.0 Å². The maximum atomic E-state index is 12.1. The summed E-state index contributed by atoms with van der Waals surface area (Å²) in [5, 5.41) is 5.62. The van der Waals surface area contributed by atoms with Crippen LogP contribution in [0.2, 0.25) is 0 Å². The van der Waals surface area contributed by atoms with Gasteiger partial charge in [0.1, 0.15) is 24.7 Å². The van der Waals surface area contributed by atoms with Crippen molar-refractivity contribution in [1.82, 2.24) is 5.32 Å². The fourth-order valence-electron chi connectivity index (χ4n) is 3.15. The first-order chi connectivity index (χ1) is 13.6. The minimum Gasteiger partial charge on any atom is -0.491 e. The SMILES string of the molecule is Cc1cccc(C)c1OCCNC(=O)Nc1cccc(OCC2CCCO2)c1. The van der Waals surface area contributed by atoms with Gasteiger partial charge in [-0.1, -0.05) is 24.3 Å². The van der Waals surface area contributed by atoms with Gasteiger partial charge < -0.3 is 24.8 Å². The summed E-state index contributed by atoms with van der Waals surface area (Å²) in [6, 6.07) is 13.1. The number of hydrogen-bond acceptors (Lipinski definition) is 4. The molecule has 28 heavy (non-hydrogen) atoms. The molecule has 3 rings (SSSR count). The maximum Gasteiger partial charge on any atom is 0.319 e. The Morgan fingerprint density at radius 2 is 1.93 bits per heavy atom. The first kappa shape index (κ1) is 20.0.